The van der Waals surface area contributed by atoms with Crippen LogP contribution in [0.15, 0.2) is 24.3 Å². The largest absolute Gasteiger partial charge is 0.326 e. The molecule has 0 spiro atoms. The number of nitrogens with one attached hydrogen (secondary N) is 2. The summed E-state index contributed by atoms with van der Waals surface area (Å²) in [5.41, 5.74) is 1.24. The van der Waals surface area contributed by atoms with Crippen molar-refractivity contribution in [1.82, 2.24) is 5.32 Å². The molecule has 0 bridgehead atoms. The molecule has 2 rings (SSSR count). The van der Waals surface area contributed by atoms with E-state index in [2.05, 4.69) is 16.7 Å². The van der Waals surface area contributed by atoms with E-state index in [4.69, 9.17) is 5.26 Å². The Kier molecular flexibility index (Phi) is 3.87. The minimum absolute atomic E-state index is 0.0544. The smallest absolute Gasteiger partial charge is 0.224 e. The third-order valence-corrected chi connectivity index (χ3v) is 3.51. The molecule has 4 heteroatoms. The van der Waals surface area contributed by atoms with Crippen LogP contribution in [0.4, 0.5) is 5.69 Å². The van der Waals surface area contributed by atoms with Crippen LogP contribution in [0.1, 0.15) is 25.8 Å². The van der Waals surface area contributed by atoms with Crippen molar-refractivity contribution in [3.8, 4) is 6.07 Å². The topological polar surface area (TPSA) is 64.9 Å². The average molecular weight is 257 g/mol. The predicted molar refractivity (Wildman–Crippen MR) is 74.7 cm³/mol. The Balaban J connectivity index is 1.95. The van der Waals surface area contributed by atoms with Gasteiger partial charge in [-0.15, -0.1) is 0 Å². The third-order valence-electron chi connectivity index (χ3n) is 3.51. The molecule has 1 aliphatic heterocycles. The number of nitrogens with zero attached hydrogens (tertiary/aromatic N) is 1. The van der Waals surface area contributed by atoms with Crippen molar-refractivity contribution in [3.63, 3.8) is 0 Å². The van der Waals surface area contributed by atoms with E-state index in [1.807, 2.05) is 38.1 Å². The fourth-order valence-electron chi connectivity index (χ4n) is 2.00. The molecule has 1 amide bonds. The molecule has 0 aromatic heterocycles. The van der Waals surface area contributed by atoms with Crippen molar-refractivity contribution in [3.05, 3.63) is 29.8 Å². The number of nitriles is 1. The lowest BCUT2D eigenvalue weighted by Gasteiger charge is -2.26. The highest BCUT2D eigenvalue weighted by atomic mass is 16.1. The van der Waals surface area contributed by atoms with Gasteiger partial charge in [-0.25, -0.2) is 0 Å². The van der Waals surface area contributed by atoms with E-state index in [0.717, 1.165) is 24.3 Å². The maximum Gasteiger partial charge on any atom is 0.224 e. The van der Waals surface area contributed by atoms with Gasteiger partial charge in [0.1, 0.15) is 0 Å². The molecule has 0 atom stereocenters. The second-order valence-corrected chi connectivity index (χ2v) is 5.59. The Morgan fingerprint density at radius 2 is 2.05 bits per heavy atom. The summed E-state index contributed by atoms with van der Waals surface area (Å²) in [6.45, 7) is 5.62. The lowest BCUT2D eigenvalue weighted by atomic mass is 9.86. The van der Waals surface area contributed by atoms with Gasteiger partial charge in [0, 0.05) is 12.1 Å². The summed E-state index contributed by atoms with van der Waals surface area (Å²) in [6, 6.07) is 9.76. The number of anilines is 1. The number of benzene rings is 1. The van der Waals surface area contributed by atoms with E-state index in [9.17, 15) is 4.79 Å². The fourth-order valence-corrected chi connectivity index (χ4v) is 2.00. The van der Waals surface area contributed by atoms with Gasteiger partial charge in [-0.2, -0.15) is 5.26 Å². The Labute approximate surface area is 113 Å². The van der Waals surface area contributed by atoms with Gasteiger partial charge >= 0.3 is 0 Å². The summed E-state index contributed by atoms with van der Waals surface area (Å²) in [5.74, 6) is 0.524. The molecule has 1 aromatic rings. The minimum Gasteiger partial charge on any atom is -0.326 e. The van der Waals surface area contributed by atoms with Crippen molar-refractivity contribution in [1.29, 1.82) is 5.26 Å². The molecule has 4 nitrogen and oxygen atoms in total. The minimum atomic E-state index is -0.500. The summed E-state index contributed by atoms with van der Waals surface area (Å²) in [5, 5.41) is 15.1. The Morgan fingerprint density at radius 3 is 2.53 bits per heavy atom. The number of hydrogen-bond donors (Lipinski definition) is 2. The van der Waals surface area contributed by atoms with Gasteiger partial charge in [0.05, 0.1) is 11.5 Å². The van der Waals surface area contributed by atoms with E-state index < -0.39 is 5.41 Å². The molecule has 0 unspecified atom stereocenters. The zero-order chi connectivity index (χ0) is 13.9. The van der Waals surface area contributed by atoms with E-state index in [1.54, 1.807) is 0 Å². The number of hydrogen-bond acceptors (Lipinski definition) is 3. The van der Waals surface area contributed by atoms with E-state index >= 15 is 0 Å². The van der Waals surface area contributed by atoms with Crippen molar-refractivity contribution in [2.75, 3.05) is 18.4 Å². The second kappa shape index (κ2) is 5.41. The lowest BCUT2D eigenvalue weighted by molar-refractivity contribution is -0.117. The van der Waals surface area contributed by atoms with Crippen LogP contribution in [-0.2, 0) is 10.2 Å². The molecule has 19 heavy (non-hydrogen) atoms. The molecule has 1 aromatic carbocycles. The van der Waals surface area contributed by atoms with Crippen LogP contribution in [0.25, 0.3) is 0 Å². The summed E-state index contributed by atoms with van der Waals surface area (Å²) >= 11 is 0. The molecular formula is C15H19N3O. The first-order valence-corrected chi connectivity index (χ1v) is 6.53. The highest BCUT2D eigenvalue weighted by Gasteiger charge is 2.21. The monoisotopic (exact) mass is 257 g/mol. The summed E-state index contributed by atoms with van der Waals surface area (Å²) in [4.78, 5) is 11.8. The molecule has 0 aliphatic carbocycles. The first-order chi connectivity index (χ1) is 9.01. The van der Waals surface area contributed by atoms with E-state index in [0.29, 0.717) is 12.3 Å². The summed E-state index contributed by atoms with van der Waals surface area (Å²) in [7, 11) is 0. The van der Waals surface area contributed by atoms with Crippen molar-refractivity contribution in [2.24, 2.45) is 5.92 Å². The van der Waals surface area contributed by atoms with Crippen LogP contribution in [0.3, 0.4) is 0 Å². The standard InChI is InChI=1S/C15H19N3O/c1-15(2,10-16)12-3-5-13(6-4-12)18-14(19)7-11-8-17-9-11/h3-6,11,17H,7-9H2,1-2H3,(H,18,19). The van der Waals surface area contributed by atoms with Crippen LogP contribution in [0.5, 0.6) is 0 Å². The lowest BCUT2D eigenvalue weighted by Crippen LogP contribution is -2.43. The molecule has 1 fully saturated rings. The first kappa shape index (κ1) is 13.6. The molecule has 1 saturated heterocycles. The van der Waals surface area contributed by atoms with E-state index in [-0.39, 0.29) is 5.91 Å². The number of carbonyl (C=O) groups is 1. The number of carbonyl (C=O) groups excluding carboxylic acids is 1. The van der Waals surface area contributed by atoms with Crippen LogP contribution in [-0.4, -0.2) is 19.0 Å². The second-order valence-electron chi connectivity index (χ2n) is 5.59. The van der Waals surface area contributed by atoms with Crippen LogP contribution in [0.2, 0.25) is 0 Å². The van der Waals surface area contributed by atoms with Gasteiger partial charge in [-0.1, -0.05) is 12.1 Å². The van der Waals surface area contributed by atoms with Crippen molar-refractivity contribution < 1.29 is 4.79 Å². The van der Waals surface area contributed by atoms with Crippen LogP contribution in [0, 0.1) is 17.2 Å². The molecule has 2 N–H and O–H groups in total. The van der Waals surface area contributed by atoms with Crippen LogP contribution < -0.4 is 10.6 Å². The maximum absolute atomic E-state index is 11.8. The average Bonchev–Trinajstić information content (AvgIpc) is 2.35. The molecular weight excluding hydrogens is 238 g/mol. The molecule has 0 radical (unpaired) electrons. The van der Waals surface area contributed by atoms with Gasteiger partial charge in [0.2, 0.25) is 5.91 Å². The SMILES string of the molecule is CC(C)(C#N)c1ccc(NC(=O)CC2CNC2)cc1. The Bertz CT molecular complexity index is 495. The van der Waals surface area contributed by atoms with Gasteiger partial charge in [0.25, 0.3) is 0 Å². The van der Waals surface area contributed by atoms with Gasteiger partial charge in [-0.3, -0.25) is 4.79 Å². The number of rotatable bonds is 4. The van der Waals surface area contributed by atoms with Crippen molar-refractivity contribution in [2.45, 2.75) is 25.7 Å². The quantitative estimate of drug-likeness (QED) is 0.867. The third kappa shape index (κ3) is 3.33. The molecule has 1 aliphatic rings. The zero-order valence-corrected chi connectivity index (χ0v) is 11.4. The Hall–Kier alpha value is -1.86. The van der Waals surface area contributed by atoms with Gasteiger partial charge in [-0.05, 0) is 50.6 Å². The summed E-state index contributed by atoms with van der Waals surface area (Å²) in [6.07, 6.45) is 0.568. The summed E-state index contributed by atoms with van der Waals surface area (Å²) < 4.78 is 0. The van der Waals surface area contributed by atoms with Gasteiger partial charge < -0.3 is 10.6 Å². The highest BCUT2D eigenvalue weighted by molar-refractivity contribution is 5.90. The zero-order valence-electron chi connectivity index (χ0n) is 11.4. The fraction of sp³-hybridized carbons (Fsp3) is 0.467. The maximum atomic E-state index is 11.8. The highest BCUT2D eigenvalue weighted by Crippen LogP contribution is 2.23. The molecule has 0 saturated carbocycles. The number of amides is 1. The molecule has 1 heterocycles. The first-order valence-electron chi connectivity index (χ1n) is 6.53. The Morgan fingerprint density at radius 1 is 1.42 bits per heavy atom. The predicted octanol–water partition coefficient (Wildman–Crippen LogP) is 2.04. The molecule has 100 valence electrons. The van der Waals surface area contributed by atoms with Crippen molar-refractivity contribution >= 4 is 11.6 Å². The van der Waals surface area contributed by atoms with E-state index in [1.165, 1.54) is 0 Å². The van der Waals surface area contributed by atoms with Gasteiger partial charge in [0.15, 0.2) is 0 Å². The normalized spacial score (nSPS) is 15.4. The van der Waals surface area contributed by atoms with Crippen LogP contribution >= 0.6 is 0 Å².